The molecule has 0 bridgehead atoms. The van der Waals surface area contributed by atoms with Crippen LogP contribution in [0.25, 0.3) is 10.4 Å². The highest BCUT2D eigenvalue weighted by Crippen LogP contribution is 2.29. The molecule has 0 radical (unpaired) electrons. The number of ether oxygens (including phenoxy) is 1. The van der Waals surface area contributed by atoms with E-state index >= 15 is 0 Å². The van der Waals surface area contributed by atoms with Crippen LogP contribution >= 0.6 is 11.3 Å². The van der Waals surface area contributed by atoms with Gasteiger partial charge in [0, 0.05) is 16.5 Å². The first-order valence-corrected chi connectivity index (χ1v) is 12.2. The van der Waals surface area contributed by atoms with Crippen LogP contribution in [0.2, 0.25) is 0 Å². The Bertz CT molecular complexity index is 1300. The molecule has 8 nitrogen and oxygen atoms in total. The van der Waals surface area contributed by atoms with E-state index in [0.29, 0.717) is 4.88 Å². The molecular weight excluding hydrogens is 469 g/mol. The SMILES string of the molecule is COc1ccc(C(=O)NNC(=O)c2ccc(-c3ccc(F)cc3)s2)cc1S(=O)(=O)NC1CC1. The summed E-state index contributed by atoms with van der Waals surface area (Å²) in [6, 6.07) is 13.1. The van der Waals surface area contributed by atoms with E-state index in [1.165, 1.54) is 48.8 Å². The summed E-state index contributed by atoms with van der Waals surface area (Å²) < 4.78 is 46.0. The van der Waals surface area contributed by atoms with Gasteiger partial charge in [0.1, 0.15) is 16.5 Å². The smallest absolute Gasteiger partial charge is 0.279 e. The van der Waals surface area contributed by atoms with Crippen LogP contribution in [0.3, 0.4) is 0 Å². The lowest BCUT2D eigenvalue weighted by Gasteiger charge is -2.12. The van der Waals surface area contributed by atoms with Crippen molar-refractivity contribution in [3.8, 4) is 16.2 Å². The topological polar surface area (TPSA) is 114 Å². The summed E-state index contributed by atoms with van der Waals surface area (Å²) in [4.78, 5) is 25.9. The first-order chi connectivity index (χ1) is 15.8. The first-order valence-electron chi connectivity index (χ1n) is 9.93. The van der Waals surface area contributed by atoms with Crippen LogP contribution in [0.15, 0.2) is 59.5 Å². The molecule has 1 aromatic heterocycles. The summed E-state index contributed by atoms with van der Waals surface area (Å²) in [5.74, 6) is -1.48. The lowest BCUT2D eigenvalue weighted by Crippen LogP contribution is -2.41. The molecule has 0 saturated heterocycles. The summed E-state index contributed by atoms with van der Waals surface area (Å²) >= 11 is 1.18. The maximum atomic E-state index is 13.1. The Balaban J connectivity index is 1.44. The summed E-state index contributed by atoms with van der Waals surface area (Å²) in [7, 11) is -2.52. The molecule has 1 aliphatic carbocycles. The van der Waals surface area contributed by atoms with Gasteiger partial charge in [0.2, 0.25) is 10.0 Å². The van der Waals surface area contributed by atoms with Gasteiger partial charge in [-0.05, 0) is 60.9 Å². The minimum Gasteiger partial charge on any atom is -0.495 e. The number of hydrogen-bond donors (Lipinski definition) is 3. The molecule has 1 heterocycles. The van der Waals surface area contributed by atoms with E-state index in [9.17, 15) is 22.4 Å². The molecule has 2 aromatic carbocycles. The minimum atomic E-state index is -3.86. The van der Waals surface area contributed by atoms with Gasteiger partial charge in [-0.25, -0.2) is 17.5 Å². The number of hydrogen-bond acceptors (Lipinski definition) is 6. The molecule has 1 fully saturated rings. The summed E-state index contributed by atoms with van der Waals surface area (Å²) in [5, 5.41) is 0. The van der Waals surface area contributed by atoms with E-state index in [-0.39, 0.29) is 28.1 Å². The number of thiophene rings is 1. The van der Waals surface area contributed by atoms with Crippen molar-refractivity contribution in [2.45, 2.75) is 23.8 Å². The Morgan fingerprint density at radius 2 is 1.70 bits per heavy atom. The molecule has 3 aromatic rings. The molecule has 3 N–H and O–H groups in total. The van der Waals surface area contributed by atoms with Gasteiger partial charge in [-0.15, -0.1) is 11.3 Å². The van der Waals surface area contributed by atoms with E-state index in [1.807, 2.05) is 0 Å². The van der Waals surface area contributed by atoms with E-state index in [2.05, 4.69) is 15.6 Å². The monoisotopic (exact) mass is 489 g/mol. The normalized spacial score (nSPS) is 13.4. The number of sulfonamides is 1. The molecule has 1 aliphatic rings. The van der Waals surface area contributed by atoms with Crippen LogP contribution in [-0.4, -0.2) is 33.4 Å². The van der Waals surface area contributed by atoms with Crippen LogP contribution in [0.1, 0.15) is 32.9 Å². The number of amides is 2. The molecule has 0 unspecified atom stereocenters. The molecule has 2 amide bonds. The number of halogens is 1. The second-order valence-electron chi connectivity index (χ2n) is 7.34. The molecule has 11 heteroatoms. The van der Waals surface area contributed by atoms with Crippen LogP contribution in [-0.2, 0) is 10.0 Å². The Labute approximate surface area is 193 Å². The molecule has 0 aliphatic heterocycles. The number of rotatable bonds is 7. The van der Waals surface area contributed by atoms with Crippen LogP contribution in [0, 0.1) is 5.82 Å². The van der Waals surface area contributed by atoms with E-state index in [4.69, 9.17) is 4.74 Å². The Morgan fingerprint density at radius 3 is 2.36 bits per heavy atom. The number of benzene rings is 2. The van der Waals surface area contributed by atoms with Crippen molar-refractivity contribution in [3.05, 3.63) is 70.9 Å². The Hall–Kier alpha value is -3.28. The highest BCUT2D eigenvalue weighted by atomic mass is 32.2. The van der Waals surface area contributed by atoms with Gasteiger partial charge in [0.05, 0.1) is 12.0 Å². The number of hydrazine groups is 1. The quantitative estimate of drug-likeness (QED) is 0.442. The van der Waals surface area contributed by atoms with E-state index in [1.54, 1.807) is 24.3 Å². The van der Waals surface area contributed by atoms with Crippen molar-refractivity contribution in [2.75, 3.05) is 7.11 Å². The van der Waals surface area contributed by atoms with Crippen molar-refractivity contribution in [2.24, 2.45) is 0 Å². The van der Waals surface area contributed by atoms with Gasteiger partial charge in [0.25, 0.3) is 11.8 Å². The standard InChI is InChI=1S/C22H20FN3O5S2/c1-31-17-9-4-14(12-20(17)33(29,30)26-16-7-8-16)21(27)24-25-22(28)19-11-10-18(32-19)13-2-5-15(23)6-3-13/h2-6,9-12,16,26H,7-8H2,1H3,(H,24,27)(H,25,28). The average Bonchev–Trinajstić information content (AvgIpc) is 3.47. The number of carbonyl (C=O) groups is 2. The van der Waals surface area contributed by atoms with Gasteiger partial charge in [-0.2, -0.15) is 0 Å². The van der Waals surface area contributed by atoms with Gasteiger partial charge in [-0.3, -0.25) is 20.4 Å². The van der Waals surface area contributed by atoms with Gasteiger partial charge < -0.3 is 4.74 Å². The fraction of sp³-hybridized carbons (Fsp3) is 0.182. The third kappa shape index (κ3) is 5.38. The maximum Gasteiger partial charge on any atom is 0.279 e. The Morgan fingerprint density at radius 1 is 1.00 bits per heavy atom. The molecule has 172 valence electrons. The Kier molecular flexibility index (Phi) is 6.45. The van der Waals surface area contributed by atoms with Crippen LogP contribution in [0.5, 0.6) is 5.75 Å². The second kappa shape index (κ2) is 9.30. The third-order valence-electron chi connectivity index (χ3n) is 4.86. The second-order valence-corrected chi connectivity index (χ2v) is 10.1. The zero-order chi connectivity index (χ0) is 23.6. The molecule has 0 atom stereocenters. The number of methoxy groups -OCH3 is 1. The van der Waals surface area contributed by atoms with Crippen molar-refractivity contribution >= 4 is 33.2 Å². The largest absolute Gasteiger partial charge is 0.495 e. The zero-order valence-corrected chi connectivity index (χ0v) is 19.1. The van der Waals surface area contributed by atoms with E-state index in [0.717, 1.165) is 23.3 Å². The molecule has 33 heavy (non-hydrogen) atoms. The van der Waals surface area contributed by atoms with Crippen LogP contribution < -0.4 is 20.3 Å². The molecule has 0 spiro atoms. The van der Waals surface area contributed by atoms with Crippen molar-refractivity contribution in [1.29, 1.82) is 0 Å². The summed E-state index contributed by atoms with van der Waals surface area (Å²) in [6.07, 6.45) is 1.53. The fourth-order valence-corrected chi connectivity index (χ4v) is 5.40. The fourth-order valence-electron chi connectivity index (χ4n) is 2.99. The predicted octanol–water partition coefficient (Wildman–Crippen LogP) is 3.08. The first kappa shape index (κ1) is 22.9. The number of nitrogens with one attached hydrogen (secondary N) is 3. The lowest BCUT2D eigenvalue weighted by molar-refractivity contribution is 0.0848. The predicted molar refractivity (Wildman–Crippen MR) is 121 cm³/mol. The van der Waals surface area contributed by atoms with Gasteiger partial charge in [0.15, 0.2) is 0 Å². The van der Waals surface area contributed by atoms with Gasteiger partial charge in [-0.1, -0.05) is 12.1 Å². The molecule has 4 rings (SSSR count). The van der Waals surface area contributed by atoms with E-state index < -0.39 is 21.8 Å². The van der Waals surface area contributed by atoms with Crippen LogP contribution in [0.4, 0.5) is 4.39 Å². The average molecular weight is 490 g/mol. The maximum absolute atomic E-state index is 13.1. The molecule has 1 saturated carbocycles. The molecular formula is C22H20FN3O5S2. The van der Waals surface area contributed by atoms with Crippen molar-refractivity contribution in [1.82, 2.24) is 15.6 Å². The van der Waals surface area contributed by atoms with Gasteiger partial charge >= 0.3 is 0 Å². The minimum absolute atomic E-state index is 0.0328. The van der Waals surface area contributed by atoms with Crippen molar-refractivity contribution in [3.63, 3.8) is 0 Å². The number of carbonyl (C=O) groups excluding carboxylic acids is 2. The third-order valence-corrected chi connectivity index (χ3v) is 7.54. The zero-order valence-electron chi connectivity index (χ0n) is 17.4. The lowest BCUT2D eigenvalue weighted by atomic mass is 10.2. The summed E-state index contributed by atoms with van der Waals surface area (Å²) in [6.45, 7) is 0. The highest BCUT2D eigenvalue weighted by molar-refractivity contribution is 7.89. The summed E-state index contributed by atoms with van der Waals surface area (Å²) in [5.41, 5.74) is 5.39. The van der Waals surface area contributed by atoms with Crippen molar-refractivity contribution < 1.29 is 27.1 Å². The highest BCUT2D eigenvalue weighted by Gasteiger charge is 2.30.